The maximum atomic E-state index is 12.2. The number of amides is 1. The van der Waals surface area contributed by atoms with E-state index in [2.05, 4.69) is 11.2 Å². The average molecular weight is 234 g/mol. The number of rotatable bonds is 2. The summed E-state index contributed by atoms with van der Waals surface area (Å²) in [4.78, 5) is 14.0. The molecule has 1 atom stereocenters. The summed E-state index contributed by atoms with van der Waals surface area (Å²) in [6, 6.07) is -0.602. The average Bonchev–Trinajstić information content (AvgIpc) is 2.74. The molecule has 1 aliphatic heterocycles. The largest absolute Gasteiger partial charge is 0.337 e. The van der Waals surface area contributed by atoms with Gasteiger partial charge in [-0.3, -0.25) is 9.48 Å². The molecule has 1 aliphatic rings. The van der Waals surface area contributed by atoms with Crippen LogP contribution in [0.15, 0.2) is 24.0 Å². The number of nitrogens with zero attached hydrogens (tertiary/aromatic N) is 3. The van der Waals surface area contributed by atoms with Crippen molar-refractivity contribution in [1.29, 1.82) is 0 Å². The van der Waals surface area contributed by atoms with E-state index in [0.717, 1.165) is 18.5 Å². The summed E-state index contributed by atoms with van der Waals surface area (Å²) >= 11 is 0. The molecule has 1 amide bonds. The van der Waals surface area contributed by atoms with Crippen molar-refractivity contribution in [2.75, 3.05) is 13.1 Å². The molecule has 17 heavy (non-hydrogen) atoms. The molecule has 0 spiro atoms. The Morgan fingerprint density at radius 1 is 1.59 bits per heavy atom. The first-order chi connectivity index (χ1) is 8.08. The zero-order chi connectivity index (χ0) is 12.4. The lowest BCUT2D eigenvalue weighted by Gasteiger charge is -2.28. The van der Waals surface area contributed by atoms with Gasteiger partial charge in [-0.05, 0) is 13.3 Å². The Morgan fingerprint density at radius 2 is 2.35 bits per heavy atom. The van der Waals surface area contributed by atoms with E-state index in [1.807, 2.05) is 18.9 Å². The third-order valence-corrected chi connectivity index (χ3v) is 2.99. The smallest absolute Gasteiger partial charge is 0.244 e. The van der Waals surface area contributed by atoms with E-state index in [1.54, 1.807) is 17.1 Å². The SMILES string of the molecule is CC1=CCCN(C(=O)C(N)c2cnn(C)c2)C1. The van der Waals surface area contributed by atoms with Crippen LogP contribution in [0.4, 0.5) is 0 Å². The molecule has 1 aromatic heterocycles. The maximum Gasteiger partial charge on any atom is 0.244 e. The van der Waals surface area contributed by atoms with E-state index in [4.69, 9.17) is 5.73 Å². The number of nitrogens with two attached hydrogens (primary N) is 1. The van der Waals surface area contributed by atoms with E-state index < -0.39 is 6.04 Å². The zero-order valence-electron chi connectivity index (χ0n) is 10.3. The molecule has 2 rings (SSSR count). The summed E-state index contributed by atoms with van der Waals surface area (Å²) in [5.74, 6) is -0.0227. The van der Waals surface area contributed by atoms with Gasteiger partial charge >= 0.3 is 0 Å². The number of hydrogen-bond donors (Lipinski definition) is 1. The standard InChI is InChI=1S/C12H18N4O/c1-9-4-3-5-16(7-9)12(17)11(13)10-6-14-15(2)8-10/h4,6,8,11H,3,5,7,13H2,1-2H3. The van der Waals surface area contributed by atoms with Gasteiger partial charge in [-0.25, -0.2) is 0 Å². The predicted octanol–water partition coefficient (Wildman–Crippen LogP) is 0.598. The van der Waals surface area contributed by atoms with Gasteiger partial charge in [-0.15, -0.1) is 0 Å². The topological polar surface area (TPSA) is 64.2 Å². The molecule has 5 heteroatoms. The second kappa shape index (κ2) is 4.71. The summed E-state index contributed by atoms with van der Waals surface area (Å²) in [6.07, 6.45) is 6.52. The van der Waals surface area contributed by atoms with Crippen molar-refractivity contribution in [1.82, 2.24) is 14.7 Å². The van der Waals surface area contributed by atoms with Crippen LogP contribution in [0.2, 0.25) is 0 Å². The monoisotopic (exact) mass is 234 g/mol. The second-order valence-electron chi connectivity index (χ2n) is 4.52. The van der Waals surface area contributed by atoms with E-state index in [1.165, 1.54) is 5.57 Å². The maximum absolute atomic E-state index is 12.2. The van der Waals surface area contributed by atoms with Crippen LogP contribution >= 0.6 is 0 Å². The lowest BCUT2D eigenvalue weighted by Crippen LogP contribution is -2.41. The first-order valence-corrected chi connectivity index (χ1v) is 5.76. The lowest BCUT2D eigenvalue weighted by atomic mass is 10.1. The van der Waals surface area contributed by atoms with Gasteiger partial charge in [0.2, 0.25) is 5.91 Å². The van der Waals surface area contributed by atoms with E-state index >= 15 is 0 Å². The Bertz CT molecular complexity index is 449. The van der Waals surface area contributed by atoms with Crippen LogP contribution in [0.1, 0.15) is 24.9 Å². The number of aryl methyl sites for hydroxylation is 1. The molecule has 1 unspecified atom stereocenters. The number of hydrogen-bond acceptors (Lipinski definition) is 3. The highest BCUT2D eigenvalue weighted by Crippen LogP contribution is 2.16. The van der Waals surface area contributed by atoms with E-state index in [9.17, 15) is 4.79 Å². The van der Waals surface area contributed by atoms with Crippen molar-refractivity contribution in [2.45, 2.75) is 19.4 Å². The van der Waals surface area contributed by atoms with Gasteiger partial charge < -0.3 is 10.6 Å². The first-order valence-electron chi connectivity index (χ1n) is 5.76. The fourth-order valence-electron chi connectivity index (χ4n) is 2.04. The molecule has 2 heterocycles. The highest BCUT2D eigenvalue weighted by molar-refractivity contribution is 5.83. The number of aromatic nitrogens is 2. The molecule has 0 fully saturated rings. The molecule has 0 bridgehead atoms. The normalized spacial score (nSPS) is 17.8. The Labute approximate surface area is 101 Å². The molecule has 0 aliphatic carbocycles. The fraction of sp³-hybridized carbons (Fsp3) is 0.500. The Morgan fingerprint density at radius 3 is 2.94 bits per heavy atom. The molecule has 0 saturated carbocycles. The van der Waals surface area contributed by atoms with Crippen molar-refractivity contribution in [3.63, 3.8) is 0 Å². The second-order valence-corrected chi connectivity index (χ2v) is 4.52. The van der Waals surface area contributed by atoms with Crippen molar-refractivity contribution in [3.8, 4) is 0 Å². The van der Waals surface area contributed by atoms with Gasteiger partial charge in [-0.1, -0.05) is 11.6 Å². The predicted molar refractivity (Wildman–Crippen MR) is 65.1 cm³/mol. The molecule has 92 valence electrons. The minimum atomic E-state index is -0.602. The molecule has 0 saturated heterocycles. The van der Waals surface area contributed by atoms with Crippen LogP contribution in [-0.4, -0.2) is 33.7 Å². The van der Waals surface area contributed by atoms with Gasteiger partial charge in [0.15, 0.2) is 0 Å². The number of carbonyl (C=O) groups excluding carboxylic acids is 1. The molecular formula is C12H18N4O. The quantitative estimate of drug-likeness (QED) is 0.762. The zero-order valence-corrected chi connectivity index (χ0v) is 10.3. The minimum absolute atomic E-state index is 0.0227. The first kappa shape index (κ1) is 11.9. The summed E-state index contributed by atoms with van der Waals surface area (Å²) in [5, 5.41) is 4.03. The summed E-state index contributed by atoms with van der Waals surface area (Å²) in [5.41, 5.74) is 7.96. The molecule has 1 aromatic rings. The molecule has 0 aromatic carbocycles. The van der Waals surface area contributed by atoms with Crippen LogP contribution in [-0.2, 0) is 11.8 Å². The lowest BCUT2D eigenvalue weighted by molar-refractivity contribution is -0.132. The van der Waals surface area contributed by atoms with E-state index in [0.29, 0.717) is 6.54 Å². The summed E-state index contributed by atoms with van der Waals surface area (Å²) < 4.78 is 1.66. The van der Waals surface area contributed by atoms with Crippen molar-refractivity contribution in [2.24, 2.45) is 12.8 Å². The highest BCUT2D eigenvalue weighted by Gasteiger charge is 2.24. The summed E-state index contributed by atoms with van der Waals surface area (Å²) in [6.45, 7) is 3.48. The van der Waals surface area contributed by atoms with Crippen LogP contribution in [0, 0.1) is 0 Å². The number of carbonyl (C=O) groups is 1. The highest BCUT2D eigenvalue weighted by atomic mass is 16.2. The Kier molecular flexibility index (Phi) is 3.28. The third kappa shape index (κ3) is 2.55. The van der Waals surface area contributed by atoms with Crippen molar-refractivity contribution in [3.05, 3.63) is 29.6 Å². The van der Waals surface area contributed by atoms with Crippen LogP contribution in [0.25, 0.3) is 0 Å². The molecule has 5 nitrogen and oxygen atoms in total. The Hall–Kier alpha value is -1.62. The van der Waals surface area contributed by atoms with Crippen molar-refractivity contribution < 1.29 is 4.79 Å². The van der Waals surface area contributed by atoms with Gasteiger partial charge in [0, 0.05) is 31.9 Å². The molecule has 2 N–H and O–H groups in total. The van der Waals surface area contributed by atoms with Gasteiger partial charge in [0.05, 0.1) is 6.20 Å². The van der Waals surface area contributed by atoms with Gasteiger partial charge in [0.25, 0.3) is 0 Å². The minimum Gasteiger partial charge on any atom is -0.337 e. The van der Waals surface area contributed by atoms with Gasteiger partial charge in [0.1, 0.15) is 6.04 Å². The summed E-state index contributed by atoms with van der Waals surface area (Å²) in [7, 11) is 1.81. The molecular weight excluding hydrogens is 216 g/mol. The van der Waals surface area contributed by atoms with E-state index in [-0.39, 0.29) is 5.91 Å². The Balaban J connectivity index is 2.07. The third-order valence-electron chi connectivity index (χ3n) is 2.99. The molecule has 0 radical (unpaired) electrons. The van der Waals surface area contributed by atoms with Crippen LogP contribution < -0.4 is 5.73 Å². The van der Waals surface area contributed by atoms with Crippen molar-refractivity contribution >= 4 is 5.91 Å². The van der Waals surface area contributed by atoms with Crippen LogP contribution in [0.3, 0.4) is 0 Å². The fourth-order valence-corrected chi connectivity index (χ4v) is 2.04. The van der Waals surface area contributed by atoms with Crippen LogP contribution in [0.5, 0.6) is 0 Å². The van der Waals surface area contributed by atoms with Gasteiger partial charge in [-0.2, -0.15) is 5.10 Å².